The zero-order valence-corrected chi connectivity index (χ0v) is 14.0. The van der Waals surface area contributed by atoms with Crippen LogP contribution in [0, 0.1) is 29.6 Å². The molecule has 6 atom stereocenters. The van der Waals surface area contributed by atoms with Gasteiger partial charge in [-0.05, 0) is 61.3 Å². The van der Waals surface area contributed by atoms with Gasteiger partial charge in [0.15, 0.2) is 5.78 Å². The second-order valence-electron chi connectivity index (χ2n) is 7.21. The Morgan fingerprint density at radius 1 is 1.30 bits per heavy atom. The first kappa shape index (κ1) is 16.4. The van der Waals surface area contributed by atoms with Crippen LogP contribution in [0.15, 0.2) is 48.6 Å². The van der Waals surface area contributed by atoms with E-state index in [0.717, 1.165) is 24.8 Å². The highest BCUT2D eigenvalue weighted by atomic mass is 16.3. The van der Waals surface area contributed by atoms with Gasteiger partial charge in [0.2, 0.25) is 0 Å². The molecule has 0 saturated heterocycles. The van der Waals surface area contributed by atoms with E-state index in [1.165, 1.54) is 0 Å². The van der Waals surface area contributed by atoms with E-state index in [1.807, 2.05) is 18.2 Å². The summed E-state index contributed by atoms with van der Waals surface area (Å²) in [7, 11) is 0. The molecule has 0 aliphatic heterocycles. The number of fused-ring (bicyclic) bond motifs is 5. The van der Waals surface area contributed by atoms with Gasteiger partial charge in [-0.3, -0.25) is 4.79 Å². The van der Waals surface area contributed by atoms with Crippen molar-refractivity contribution in [3.8, 4) is 0 Å². The fraction of sp³-hybridized carbons (Fsp3) is 0.571. The first-order valence-electron chi connectivity index (χ1n) is 9.03. The standard InChI is InChI=1S/C21H28O2/c1-3-5-6-8-16(22)11-12-18-17(7-4-2)19-14-9-10-15(13-14)20(19)21(18)23/h4-6,9-10,12,14-17,19-20,22H,2-3,7-8,11,13H2,1H3/b6-5-,18-12+/t14?,15?,16-,17?,19?,20?/m0/s1. The van der Waals surface area contributed by atoms with Crippen LogP contribution < -0.4 is 0 Å². The van der Waals surface area contributed by atoms with E-state index >= 15 is 0 Å². The predicted molar refractivity (Wildman–Crippen MR) is 93.8 cm³/mol. The molecule has 0 spiro atoms. The summed E-state index contributed by atoms with van der Waals surface area (Å²) in [5.41, 5.74) is 0.969. The molecule has 0 aromatic carbocycles. The van der Waals surface area contributed by atoms with Gasteiger partial charge in [-0.1, -0.05) is 43.4 Å². The third-order valence-corrected chi connectivity index (χ3v) is 5.81. The van der Waals surface area contributed by atoms with Crippen molar-refractivity contribution in [2.24, 2.45) is 29.6 Å². The van der Waals surface area contributed by atoms with E-state index in [1.54, 1.807) is 0 Å². The van der Waals surface area contributed by atoms with E-state index in [4.69, 9.17) is 0 Å². The summed E-state index contributed by atoms with van der Waals surface area (Å²) in [6, 6.07) is 0. The molecule has 3 aliphatic rings. The number of ketones is 1. The Bertz CT molecular complexity index is 554. The number of hydrogen-bond donors (Lipinski definition) is 1. The minimum Gasteiger partial charge on any atom is -0.392 e. The van der Waals surface area contributed by atoms with Gasteiger partial charge in [0.05, 0.1) is 6.10 Å². The van der Waals surface area contributed by atoms with Crippen LogP contribution in [0.25, 0.3) is 0 Å². The molecular weight excluding hydrogens is 284 g/mol. The maximum Gasteiger partial charge on any atom is 0.162 e. The molecule has 0 aromatic rings. The fourth-order valence-corrected chi connectivity index (χ4v) is 4.86. The summed E-state index contributed by atoms with van der Waals surface area (Å²) in [4.78, 5) is 12.9. The van der Waals surface area contributed by atoms with Crippen molar-refractivity contribution in [1.29, 1.82) is 0 Å². The van der Waals surface area contributed by atoms with E-state index in [-0.39, 0.29) is 5.92 Å². The van der Waals surface area contributed by atoms with Crippen molar-refractivity contribution < 1.29 is 9.90 Å². The Labute approximate surface area is 139 Å². The van der Waals surface area contributed by atoms with E-state index < -0.39 is 6.10 Å². The number of hydrogen-bond acceptors (Lipinski definition) is 2. The topological polar surface area (TPSA) is 37.3 Å². The summed E-state index contributed by atoms with van der Waals surface area (Å²) >= 11 is 0. The highest BCUT2D eigenvalue weighted by Crippen LogP contribution is 2.58. The zero-order valence-electron chi connectivity index (χ0n) is 14.0. The van der Waals surface area contributed by atoms with Crippen molar-refractivity contribution in [3.63, 3.8) is 0 Å². The van der Waals surface area contributed by atoms with Crippen LogP contribution in [0.4, 0.5) is 0 Å². The van der Waals surface area contributed by atoms with Crippen molar-refractivity contribution in [2.45, 2.75) is 45.1 Å². The number of carbonyl (C=O) groups excluding carboxylic acids is 1. The lowest BCUT2D eigenvalue weighted by atomic mass is 9.79. The molecule has 2 heteroatoms. The Kier molecular flexibility index (Phi) is 5.01. The van der Waals surface area contributed by atoms with Crippen molar-refractivity contribution in [1.82, 2.24) is 0 Å². The summed E-state index contributed by atoms with van der Waals surface area (Å²) < 4.78 is 0. The lowest BCUT2D eigenvalue weighted by molar-refractivity contribution is -0.119. The molecule has 2 saturated carbocycles. The van der Waals surface area contributed by atoms with Gasteiger partial charge in [0, 0.05) is 5.92 Å². The quantitative estimate of drug-likeness (QED) is 0.564. The van der Waals surface area contributed by atoms with Gasteiger partial charge >= 0.3 is 0 Å². The molecule has 0 heterocycles. The molecule has 3 aliphatic carbocycles. The molecule has 124 valence electrons. The Morgan fingerprint density at radius 2 is 2.09 bits per heavy atom. The van der Waals surface area contributed by atoms with E-state index in [0.29, 0.717) is 42.3 Å². The van der Waals surface area contributed by atoms with Crippen LogP contribution in [0.5, 0.6) is 0 Å². The Balaban J connectivity index is 1.73. The minimum absolute atomic E-state index is 0.193. The van der Waals surface area contributed by atoms with Crippen LogP contribution in [0.1, 0.15) is 39.0 Å². The van der Waals surface area contributed by atoms with Crippen molar-refractivity contribution >= 4 is 5.78 Å². The van der Waals surface area contributed by atoms with Gasteiger partial charge in [-0.2, -0.15) is 0 Å². The summed E-state index contributed by atoms with van der Waals surface area (Å²) in [5, 5.41) is 10.1. The molecule has 3 rings (SSSR count). The molecule has 23 heavy (non-hydrogen) atoms. The van der Waals surface area contributed by atoms with Gasteiger partial charge in [0.1, 0.15) is 0 Å². The lowest BCUT2D eigenvalue weighted by Gasteiger charge is -2.24. The highest BCUT2D eigenvalue weighted by molar-refractivity contribution is 6.01. The van der Waals surface area contributed by atoms with Gasteiger partial charge in [0.25, 0.3) is 0 Å². The molecule has 0 radical (unpaired) electrons. The molecule has 0 aromatic heterocycles. The lowest BCUT2D eigenvalue weighted by Crippen LogP contribution is -2.21. The summed E-state index contributed by atoms with van der Waals surface area (Å²) in [6.45, 7) is 5.98. The molecule has 0 amide bonds. The fourth-order valence-electron chi connectivity index (χ4n) is 4.86. The number of rotatable bonds is 7. The van der Waals surface area contributed by atoms with Crippen LogP contribution in [0.3, 0.4) is 0 Å². The smallest absolute Gasteiger partial charge is 0.162 e. The Hall–Kier alpha value is -1.41. The normalized spacial score (nSPS) is 37.9. The molecule has 2 bridgehead atoms. The highest BCUT2D eigenvalue weighted by Gasteiger charge is 2.56. The third kappa shape index (κ3) is 3.01. The van der Waals surface area contributed by atoms with Crippen LogP contribution in [-0.4, -0.2) is 17.0 Å². The van der Waals surface area contributed by atoms with Crippen molar-refractivity contribution in [3.05, 3.63) is 48.6 Å². The van der Waals surface area contributed by atoms with Gasteiger partial charge in [-0.25, -0.2) is 0 Å². The van der Waals surface area contributed by atoms with Crippen LogP contribution in [0.2, 0.25) is 0 Å². The molecule has 2 nitrogen and oxygen atoms in total. The second kappa shape index (κ2) is 7.00. The third-order valence-electron chi connectivity index (χ3n) is 5.81. The summed E-state index contributed by atoms with van der Waals surface area (Å²) in [5.74, 6) is 2.34. The Morgan fingerprint density at radius 3 is 2.83 bits per heavy atom. The van der Waals surface area contributed by atoms with Crippen LogP contribution >= 0.6 is 0 Å². The average Bonchev–Trinajstić information content (AvgIpc) is 3.20. The predicted octanol–water partition coefficient (Wildman–Crippen LogP) is 4.23. The first-order valence-corrected chi connectivity index (χ1v) is 9.03. The van der Waals surface area contributed by atoms with E-state index in [2.05, 4.69) is 31.7 Å². The number of aliphatic hydroxyl groups excluding tert-OH is 1. The zero-order chi connectivity index (χ0) is 16.4. The molecule has 5 unspecified atom stereocenters. The maximum absolute atomic E-state index is 12.9. The molecule has 2 fully saturated rings. The largest absolute Gasteiger partial charge is 0.392 e. The average molecular weight is 312 g/mol. The first-order chi connectivity index (χ1) is 11.2. The number of carbonyl (C=O) groups is 1. The monoisotopic (exact) mass is 312 g/mol. The van der Waals surface area contributed by atoms with Crippen LogP contribution in [-0.2, 0) is 4.79 Å². The van der Waals surface area contributed by atoms with Crippen molar-refractivity contribution in [2.75, 3.05) is 0 Å². The van der Waals surface area contributed by atoms with Gasteiger partial charge in [-0.15, -0.1) is 6.58 Å². The SMILES string of the molecule is C=CCC1/C(=C\C[C@@H](O)C/C=C\CC)C(=O)C2C3C=CC(C3)C12. The minimum atomic E-state index is -0.391. The molecular formula is C21H28O2. The summed E-state index contributed by atoms with van der Waals surface area (Å²) in [6.07, 6.45) is 16.5. The maximum atomic E-state index is 12.9. The second-order valence-corrected chi connectivity index (χ2v) is 7.21. The van der Waals surface area contributed by atoms with Gasteiger partial charge < -0.3 is 5.11 Å². The number of Topliss-reactive ketones (excluding diaryl/α,β-unsaturated/α-hetero) is 1. The molecule has 1 N–H and O–H groups in total. The number of aliphatic hydroxyl groups is 1. The number of allylic oxidation sites excluding steroid dienone is 5. The van der Waals surface area contributed by atoms with E-state index in [9.17, 15) is 9.90 Å².